The summed E-state index contributed by atoms with van der Waals surface area (Å²) in [5.74, 6) is -0.709. The van der Waals surface area contributed by atoms with Crippen LogP contribution in [0, 0.1) is 5.82 Å². The number of hydrogen-bond donors (Lipinski definition) is 1. The van der Waals surface area contributed by atoms with Gasteiger partial charge in [-0.3, -0.25) is 4.79 Å². The molecule has 5 heteroatoms. The van der Waals surface area contributed by atoms with Gasteiger partial charge in [0.15, 0.2) is 0 Å². The molecule has 110 valence electrons. The molecule has 0 spiro atoms. The van der Waals surface area contributed by atoms with Crippen molar-refractivity contribution in [3.63, 3.8) is 0 Å². The smallest absolute Gasteiger partial charge is 0.261 e. The molecule has 0 saturated carbocycles. The van der Waals surface area contributed by atoms with Crippen LogP contribution in [0.1, 0.15) is 17.3 Å². The first-order valence-corrected chi connectivity index (χ1v) is 6.51. The number of hydrogen-bond acceptors (Lipinski definition) is 3. The first-order valence-electron chi connectivity index (χ1n) is 6.51. The van der Waals surface area contributed by atoms with Gasteiger partial charge in [-0.05, 0) is 31.2 Å². The molecule has 0 atom stereocenters. The summed E-state index contributed by atoms with van der Waals surface area (Å²) in [5, 5.41) is 9.50. The van der Waals surface area contributed by atoms with Crippen LogP contribution in [-0.4, -0.2) is 24.7 Å². The van der Waals surface area contributed by atoms with E-state index >= 15 is 0 Å². The molecular formula is C16H16FNO3. The number of carbonyl (C=O) groups excluding carboxylic acids is 1. The fraction of sp³-hybridized carbons (Fsp3) is 0.188. The highest BCUT2D eigenvalue weighted by Crippen LogP contribution is 2.24. The lowest BCUT2D eigenvalue weighted by atomic mass is 10.1. The van der Waals surface area contributed by atoms with Gasteiger partial charge in [0.05, 0.1) is 12.7 Å². The summed E-state index contributed by atoms with van der Waals surface area (Å²) < 4.78 is 18.9. The second-order valence-electron chi connectivity index (χ2n) is 4.42. The Morgan fingerprint density at radius 3 is 2.62 bits per heavy atom. The lowest BCUT2D eigenvalue weighted by Gasteiger charge is -2.21. The van der Waals surface area contributed by atoms with Crippen LogP contribution in [0.2, 0.25) is 0 Å². The molecule has 2 aromatic rings. The standard InChI is InChI=1S/C16H16FNO3/c1-3-18(11-5-4-6-12(19)9-11)16(20)14-8-7-13(21-2)10-15(14)17/h4-10,19H,3H2,1-2H3. The minimum absolute atomic E-state index is 0.0407. The maximum atomic E-state index is 14.0. The number of ether oxygens (including phenoxy) is 1. The van der Waals surface area contributed by atoms with Crippen molar-refractivity contribution < 1.29 is 19.0 Å². The second-order valence-corrected chi connectivity index (χ2v) is 4.42. The summed E-state index contributed by atoms with van der Waals surface area (Å²) >= 11 is 0. The van der Waals surface area contributed by atoms with E-state index in [1.165, 1.54) is 42.3 Å². The number of methoxy groups -OCH3 is 1. The lowest BCUT2D eigenvalue weighted by molar-refractivity contribution is 0.0984. The molecule has 0 aromatic heterocycles. The number of phenols is 1. The highest BCUT2D eigenvalue weighted by atomic mass is 19.1. The monoisotopic (exact) mass is 289 g/mol. The minimum atomic E-state index is -0.641. The zero-order valence-electron chi connectivity index (χ0n) is 11.8. The van der Waals surface area contributed by atoms with Gasteiger partial charge in [-0.2, -0.15) is 0 Å². The third-order valence-electron chi connectivity index (χ3n) is 3.11. The average Bonchev–Trinajstić information content (AvgIpc) is 2.47. The molecule has 0 heterocycles. The Morgan fingerprint density at radius 1 is 1.29 bits per heavy atom. The Labute approximate surface area is 122 Å². The van der Waals surface area contributed by atoms with Gasteiger partial charge >= 0.3 is 0 Å². The summed E-state index contributed by atoms with van der Waals surface area (Å²) in [7, 11) is 1.43. The van der Waals surface area contributed by atoms with E-state index in [0.29, 0.717) is 18.0 Å². The molecule has 0 aliphatic heterocycles. The fourth-order valence-corrected chi connectivity index (χ4v) is 2.05. The van der Waals surface area contributed by atoms with Crippen molar-refractivity contribution in [2.45, 2.75) is 6.92 Å². The van der Waals surface area contributed by atoms with Gasteiger partial charge < -0.3 is 14.7 Å². The van der Waals surface area contributed by atoms with Crippen LogP contribution >= 0.6 is 0 Å². The van der Waals surface area contributed by atoms with Gasteiger partial charge in [0.25, 0.3) is 5.91 Å². The van der Waals surface area contributed by atoms with Crippen molar-refractivity contribution in [1.29, 1.82) is 0 Å². The molecular weight excluding hydrogens is 273 g/mol. The van der Waals surface area contributed by atoms with Crippen LogP contribution in [0.15, 0.2) is 42.5 Å². The maximum Gasteiger partial charge on any atom is 0.261 e. The predicted molar refractivity (Wildman–Crippen MR) is 78.4 cm³/mol. The van der Waals surface area contributed by atoms with Crippen LogP contribution in [-0.2, 0) is 0 Å². The molecule has 0 bridgehead atoms. The van der Waals surface area contributed by atoms with Crippen molar-refractivity contribution in [3.05, 3.63) is 53.8 Å². The summed E-state index contributed by atoms with van der Waals surface area (Å²) in [6.07, 6.45) is 0. The van der Waals surface area contributed by atoms with Crippen LogP contribution < -0.4 is 9.64 Å². The van der Waals surface area contributed by atoms with Gasteiger partial charge in [0, 0.05) is 24.4 Å². The first-order chi connectivity index (χ1) is 10.1. The Hall–Kier alpha value is -2.56. The molecule has 0 fully saturated rings. The lowest BCUT2D eigenvalue weighted by Crippen LogP contribution is -2.31. The summed E-state index contributed by atoms with van der Waals surface area (Å²) in [6, 6.07) is 10.4. The zero-order chi connectivity index (χ0) is 15.4. The number of amides is 1. The van der Waals surface area contributed by atoms with Crippen LogP contribution in [0.25, 0.3) is 0 Å². The summed E-state index contributed by atoms with van der Waals surface area (Å²) in [5.41, 5.74) is 0.471. The van der Waals surface area contributed by atoms with E-state index in [0.717, 1.165) is 0 Å². The molecule has 0 aliphatic rings. The van der Waals surface area contributed by atoms with Gasteiger partial charge in [0.1, 0.15) is 17.3 Å². The number of benzene rings is 2. The maximum absolute atomic E-state index is 14.0. The van der Waals surface area contributed by atoms with Gasteiger partial charge in [-0.15, -0.1) is 0 Å². The first kappa shape index (κ1) is 14.8. The molecule has 2 rings (SSSR count). The normalized spacial score (nSPS) is 10.2. The van der Waals surface area contributed by atoms with Crippen LogP contribution in [0.5, 0.6) is 11.5 Å². The van der Waals surface area contributed by atoms with E-state index < -0.39 is 11.7 Å². The quantitative estimate of drug-likeness (QED) is 0.940. The molecule has 2 aromatic carbocycles. The number of halogens is 1. The average molecular weight is 289 g/mol. The van der Waals surface area contributed by atoms with Crippen molar-refractivity contribution >= 4 is 11.6 Å². The topological polar surface area (TPSA) is 49.8 Å². The van der Waals surface area contributed by atoms with Gasteiger partial charge in [0.2, 0.25) is 0 Å². The minimum Gasteiger partial charge on any atom is -0.508 e. The molecule has 0 saturated heterocycles. The number of anilines is 1. The predicted octanol–water partition coefficient (Wildman–Crippen LogP) is 3.21. The van der Waals surface area contributed by atoms with E-state index in [1.54, 1.807) is 19.1 Å². The van der Waals surface area contributed by atoms with Crippen molar-refractivity contribution in [2.24, 2.45) is 0 Å². The largest absolute Gasteiger partial charge is 0.508 e. The van der Waals surface area contributed by atoms with Gasteiger partial charge in [-0.1, -0.05) is 6.07 Å². The van der Waals surface area contributed by atoms with Crippen LogP contribution in [0.3, 0.4) is 0 Å². The van der Waals surface area contributed by atoms with E-state index in [1.807, 2.05) is 0 Å². The summed E-state index contributed by atoms with van der Waals surface area (Å²) in [4.78, 5) is 13.9. The third kappa shape index (κ3) is 3.13. The molecule has 1 N–H and O–H groups in total. The Morgan fingerprint density at radius 2 is 2.05 bits per heavy atom. The SMILES string of the molecule is CCN(C(=O)c1ccc(OC)cc1F)c1cccc(O)c1. The fourth-order valence-electron chi connectivity index (χ4n) is 2.05. The number of nitrogens with zero attached hydrogens (tertiary/aromatic N) is 1. The highest BCUT2D eigenvalue weighted by molar-refractivity contribution is 6.06. The highest BCUT2D eigenvalue weighted by Gasteiger charge is 2.20. The van der Waals surface area contributed by atoms with Crippen LogP contribution in [0.4, 0.5) is 10.1 Å². The zero-order valence-corrected chi connectivity index (χ0v) is 11.8. The Kier molecular flexibility index (Phi) is 4.42. The molecule has 4 nitrogen and oxygen atoms in total. The van der Waals surface area contributed by atoms with Crippen molar-refractivity contribution in [1.82, 2.24) is 0 Å². The number of carbonyl (C=O) groups is 1. The third-order valence-corrected chi connectivity index (χ3v) is 3.11. The Bertz CT molecular complexity index is 658. The molecule has 1 amide bonds. The number of rotatable bonds is 4. The molecule has 21 heavy (non-hydrogen) atoms. The molecule has 0 radical (unpaired) electrons. The molecule has 0 aliphatic carbocycles. The second kappa shape index (κ2) is 6.26. The van der Waals surface area contributed by atoms with Crippen molar-refractivity contribution in [2.75, 3.05) is 18.6 Å². The molecule has 0 unspecified atom stereocenters. The van der Waals surface area contributed by atoms with E-state index in [4.69, 9.17) is 4.74 Å². The number of aromatic hydroxyl groups is 1. The van der Waals surface area contributed by atoms with E-state index in [2.05, 4.69) is 0 Å². The van der Waals surface area contributed by atoms with Crippen molar-refractivity contribution in [3.8, 4) is 11.5 Å². The summed E-state index contributed by atoms with van der Waals surface area (Å²) in [6.45, 7) is 2.14. The van der Waals surface area contributed by atoms with E-state index in [-0.39, 0.29) is 11.3 Å². The van der Waals surface area contributed by atoms with Gasteiger partial charge in [-0.25, -0.2) is 4.39 Å². The van der Waals surface area contributed by atoms with E-state index in [9.17, 15) is 14.3 Å². The number of phenolic OH excluding ortho intramolecular Hbond substituents is 1. The Balaban J connectivity index is 2.37.